The third-order valence-corrected chi connectivity index (χ3v) is 10.2. The Morgan fingerprint density at radius 3 is 2.54 bits per heavy atom. The number of aromatic amines is 1. The molecule has 2 fully saturated rings. The average Bonchev–Trinajstić information content (AvgIpc) is 3.93. The maximum Gasteiger partial charge on any atom is 0.328 e. The van der Waals surface area contributed by atoms with Gasteiger partial charge in [0.05, 0.1) is 36.9 Å². The lowest BCUT2D eigenvalue weighted by atomic mass is 10.0. The number of likely N-dealkylation sites (N-methyl/N-ethyl adjacent to an activating group) is 1. The molecule has 0 spiro atoms. The number of imidazole rings is 1. The Bertz CT molecular complexity index is 2210. The highest BCUT2D eigenvalue weighted by Gasteiger charge is 2.30. The first-order chi connectivity index (χ1) is 27.8. The number of nitriles is 1. The Balaban J connectivity index is 1.08. The molecule has 0 radical (unpaired) electrons. The molecule has 5 aromatic rings. The van der Waals surface area contributed by atoms with E-state index in [-0.39, 0.29) is 30.3 Å². The summed E-state index contributed by atoms with van der Waals surface area (Å²) in [6, 6.07) is 22.1. The van der Waals surface area contributed by atoms with Crippen LogP contribution in [0.3, 0.4) is 0 Å². The standard InChI is InChI=1S/C41H47N11O5/c1-50(16-15-36-44-32-14-13-31(55-2)24-33(32)45-36)41-48-39(47-40(49-41)46-34(38(54)56-3)23-27-9-11-28(25-42)12-10-27)43-30-7-4-6-29(22-30)26-51-17-19-52(20-18-51)37(53)35-8-5-21-57-35/h4,6-7,9-14,22,24,34-35H,5,8,15-21,23,26H2,1-3H3,(H,44,45)(H2,43,46,47,48,49)/t34-,35-/m0/s1. The first-order valence-corrected chi connectivity index (χ1v) is 19.1. The SMILES string of the molecule is COC(=O)[C@H](Cc1ccc(C#N)cc1)Nc1nc(Nc2cccc(CN3CCN(C(=O)[C@@H]4CCCO4)CC3)c2)nc(N(C)CCc2nc3ccc(OC)cc3[nH]2)n1. The van der Waals surface area contributed by atoms with Crippen LogP contribution in [-0.4, -0.2) is 119 Å². The van der Waals surface area contributed by atoms with E-state index in [0.29, 0.717) is 44.2 Å². The first kappa shape index (κ1) is 38.9. The van der Waals surface area contributed by atoms with Crippen molar-refractivity contribution in [1.29, 1.82) is 5.26 Å². The van der Waals surface area contributed by atoms with E-state index < -0.39 is 12.0 Å². The largest absolute Gasteiger partial charge is 0.497 e. The summed E-state index contributed by atoms with van der Waals surface area (Å²) in [6.07, 6.45) is 2.30. The Morgan fingerprint density at radius 1 is 1.00 bits per heavy atom. The molecule has 2 aliphatic heterocycles. The van der Waals surface area contributed by atoms with Crippen molar-refractivity contribution < 1.29 is 23.8 Å². The third kappa shape index (κ3) is 9.93. The Morgan fingerprint density at radius 2 is 1.81 bits per heavy atom. The number of amides is 1. The number of nitrogens with zero attached hydrogens (tertiary/aromatic N) is 8. The van der Waals surface area contributed by atoms with Gasteiger partial charge in [0.1, 0.15) is 23.7 Å². The van der Waals surface area contributed by atoms with Crippen molar-refractivity contribution >= 4 is 46.4 Å². The predicted molar refractivity (Wildman–Crippen MR) is 214 cm³/mol. The fourth-order valence-electron chi connectivity index (χ4n) is 7.00. The van der Waals surface area contributed by atoms with Gasteiger partial charge in [-0.2, -0.15) is 20.2 Å². The lowest BCUT2D eigenvalue weighted by Crippen LogP contribution is -2.51. The second kappa shape index (κ2) is 18.1. The molecule has 16 nitrogen and oxygen atoms in total. The van der Waals surface area contributed by atoms with Gasteiger partial charge in [0.2, 0.25) is 17.8 Å². The molecule has 16 heteroatoms. The second-order valence-corrected chi connectivity index (χ2v) is 14.2. The number of ether oxygens (including phenoxy) is 3. The summed E-state index contributed by atoms with van der Waals surface area (Å²) in [5, 5.41) is 15.8. The molecular formula is C41H47N11O5. The van der Waals surface area contributed by atoms with Gasteiger partial charge in [0.15, 0.2) is 0 Å². The van der Waals surface area contributed by atoms with E-state index in [9.17, 15) is 14.9 Å². The molecule has 4 heterocycles. The van der Waals surface area contributed by atoms with Gasteiger partial charge in [-0.25, -0.2) is 9.78 Å². The van der Waals surface area contributed by atoms with E-state index in [1.807, 2.05) is 59.3 Å². The van der Waals surface area contributed by atoms with Gasteiger partial charge in [-0.05, 0) is 60.4 Å². The van der Waals surface area contributed by atoms with Crippen LogP contribution in [-0.2, 0) is 38.4 Å². The number of hydrogen-bond acceptors (Lipinski definition) is 14. The monoisotopic (exact) mass is 773 g/mol. The topological polar surface area (TPSA) is 187 Å². The average molecular weight is 774 g/mol. The van der Waals surface area contributed by atoms with E-state index in [0.717, 1.165) is 71.9 Å². The van der Waals surface area contributed by atoms with Crippen molar-refractivity contribution in [3.8, 4) is 11.8 Å². The summed E-state index contributed by atoms with van der Waals surface area (Å²) in [4.78, 5) is 54.4. The van der Waals surface area contributed by atoms with Gasteiger partial charge in [-0.3, -0.25) is 9.69 Å². The normalized spacial score (nSPS) is 16.2. The van der Waals surface area contributed by atoms with Crippen molar-refractivity contribution in [2.45, 2.75) is 44.4 Å². The highest BCUT2D eigenvalue weighted by molar-refractivity contribution is 5.81. The molecular weight excluding hydrogens is 727 g/mol. The molecule has 3 aromatic carbocycles. The number of anilines is 4. The van der Waals surface area contributed by atoms with Crippen LogP contribution in [0.5, 0.6) is 5.75 Å². The zero-order valence-electron chi connectivity index (χ0n) is 32.4. The van der Waals surface area contributed by atoms with Gasteiger partial charge >= 0.3 is 5.97 Å². The van der Waals surface area contributed by atoms with E-state index in [4.69, 9.17) is 34.1 Å². The Hall–Kier alpha value is -6.31. The maximum absolute atomic E-state index is 13.0. The van der Waals surface area contributed by atoms with Crippen LogP contribution < -0.4 is 20.3 Å². The summed E-state index contributed by atoms with van der Waals surface area (Å²) < 4.78 is 16.1. The number of piperazine rings is 1. The number of methoxy groups -OCH3 is 2. The number of benzene rings is 3. The fourth-order valence-corrected chi connectivity index (χ4v) is 7.00. The minimum absolute atomic E-state index is 0.109. The molecule has 2 aromatic heterocycles. The fraction of sp³-hybridized carbons (Fsp3) is 0.390. The van der Waals surface area contributed by atoms with Gasteiger partial charge in [-0.1, -0.05) is 24.3 Å². The molecule has 2 atom stereocenters. The van der Waals surface area contributed by atoms with E-state index in [2.05, 4.69) is 38.7 Å². The lowest BCUT2D eigenvalue weighted by Gasteiger charge is -2.35. The minimum atomic E-state index is -0.825. The van der Waals surface area contributed by atoms with E-state index >= 15 is 0 Å². The smallest absolute Gasteiger partial charge is 0.328 e. The minimum Gasteiger partial charge on any atom is -0.497 e. The van der Waals surface area contributed by atoms with Gasteiger partial charge in [-0.15, -0.1) is 0 Å². The molecule has 3 N–H and O–H groups in total. The zero-order valence-corrected chi connectivity index (χ0v) is 32.4. The number of aromatic nitrogens is 5. The molecule has 7 rings (SSSR count). The number of hydrogen-bond donors (Lipinski definition) is 3. The number of rotatable bonds is 15. The van der Waals surface area contributed by atoms with Gasteiger partial charge in [0.25, 0.3) is 5.91 Å². The molecule has 2 aliphatic rings. The molecule has 0 bridgehead atoms. The van der Waals surface area contributed by atoms with Crippen molar-refractivity contribution in [2.24, 2.45) is 0 Å². The Kier molecular flexibility index (Phi) is 12.4. The molecule has 0 saturated carbocycles. The van der Waals surface area contributed by atoms with Crippen LogP contribution in [0.2, 0.25) is 0 Å². The predicted octanol–water partition coefficient (Wildman–Crippen LogP) is 4.07. The summed E-state index contributed by atoms with van der Waals surface area (Å²) >= 11 is 0. The van der Waals surface area contributed by atoms with Crippen LogP contribution in [0.25, 0.3) is 11.0 Å². The number of fused-ring (bicyclic) bond motifs is 1. The van der Waals surface area contributed by atoms with Crippen molar-refractivity contribution in [2.75, 3.05) is 76.1 Å². The zero-order chi connectivity index (χ0) is 39.7. The summed E-state index contributed by atoms with van der Waals surface area (Å²) in [5.41, 5.74) is 4.97. The molecule has 0 aliphatic carbocycles. The second-order valence-electron chi connectivity index (χ2n) is 14.2. The van der Waals surface area contributed by atoms with Crippen LogP contribution in [0.15, 0.2) is 66.7 Å². The number of esters is 1. The van der Waals surface area contributed by atoms with Crippen LogP contribution in [0.4, 0.5) is 23.5 Å². The molecule has 296 valence electrons. The lowest BCUT2D eigenvalue weighted by molar-refractivity contribution is -0.143. The van der Waals surface area contributed by atoms with Gasteiger partial charge in [0, 0.05) is 77.5 Å². The van der Waals surface area contributed by atoms with Crippen molar-refractivity contribution in [3.63, 3.8) is 0 Å². The summed E-state index contributed by atoms with van der Waals surface area (Å²) in [7, 11) is 4.85. The highest BCUT2D eigenvalue weighted by Crippen LogP contribution is 2.23. The summed E-state index contributed by atoms with van der Waals surface area (Å²) in [5.74, 6) is 2.01. The van der Waals surface area contributed by atoms with Crippen molar-refractivity contribution in [1.82, 2.24) is 34.7 Å². The van der Waals surface area contributed by atoms with Crippen LogP contribution in [0.1, 0.15) is 35.4 Å². The Labute approximate surface area is 331 Å². The third-order valence-electron chi connectivity index (χ3n) is 10.2. The number of H-pyrrole nitrogens is 1. The highest BCUT2D eigenvalue weighted by atomic mass is 16.5. The molecule has 1 amide bonds. The quantitative estimate of drug-likeness (QED) is 0.129. The number of nitrogens with one attached hydrogen (secondary N) is 3. The number of carbonyl (C=O) groups is 2. The molecule has 2 saturated heterocycles. The number of carbonyl (C=O) groups excluding carboxylic acids is 2. The summed E-state index contributed by atoms with van der Waals surface area (Å²) in [6.45, 7) is 4.82. The van der Waals surface area contributed by atoms with Crippen molar-refractivity contribution in [3.05, 3.63) is 89.2 Å². The van der Waals surface area contributed by atoms with E-state index in [1.54, 1.807) is 19.2 Å². The molecule has 57 heavy (non-hydrogen) atoms. The maximum atomic E-state index is 13.0. The van der Waals surface area contributed by atoms with Gasteiger partial charge < -0.3 is 39.6 Å². The molecule has 0 unspecified atom stereocenters. The van der Waals surface area contributed by atoms with Crippen LogP contribution >= 0.6 is 0 Å². The first-order valence-electron chi connectivity index (χ1n) is 19.1. The van der Waals surface area contributed by atoms with Crippen LogP contribution in [0, 0.1) is 11.3 Å². The van der Waals surface area contributed by atoms with E-state index in [1.165, 1.54) is 7.11 Å².